The fourth-order valence-corrected chi connectivity index (χ4v) is 2.86. The molecule has 0 aliphatic carbocycles. The minimum absolute atomic E-state index is 0.126. The van der Waals surface area contributed by atoms with E-state index in [9.17, 15) is 4.79 Å². The Bertz CT molecular complexity index is 407. The van der Waals surface area contributed by atoms with Gasteiger partial charge in [-0.1, -0.05) is 11.8 Å². The maximum atomic E-state index is 10.8. The predicted octanol–water partition coefficient (Wildman–Crippen LogP) is 0.573. The summed E-state index contributed by atoms with van der Waals surface area (Å²) in [5.41, 5.74) is 6.39. The molecule has 0 unspecified atom stereocenters. The van der Waals surface area contributed by atoms with E-state index < -0.39 is 5.97 Å². The summed E-state index contributed by atoms with van der Waals surface area (Å²) in [5.74, 6) is -0.788. The van der Waals surface area contributed by atoms with E-state index in [1.54, 1.807) is 18.3 Å². The van der Waals surface area contributed by atoms with Crippen molar-refractivity contribution in [3.63, 3.8) is 0 Å². The number of rotatable bonds is 4. The molecule has 0 bridgehead atoms. The highest BCUT2D eigenvalue weighted by molar-refractivity contribution is 8.00. The first-order valence-corrected chi connectivity index (χ1v) is 5.75. The molecule has 0 spiro atoms. The van der Waals surface area contributed by atoms with Crippen molar-refractivity contribution in [1.29, 1.82) is 0 Å². The fourth-order valence-electron chi connectivity index (χ4n) is 1.61. The van der Waals surface area contributed by atoms with Crippen LogP contribution in [0.1, 0.15) is 6.42 Å². The van der Waals surface area contributed by atoms with Gasteiger partial charge >= 0.3 is 5.97 Å². The number of pyridine rings is 1. The number of hydrogen-bond donors (Lipinski definition) is 3. The largest absolute Gasteiger partial charge is 0.481 e. The van der Waals surface area contributed by atoms with Gasteiger partial charge in [0.05, 0.1) is 16.9 Å². The van der Waals surface area contributed by atoms with Gasteiger partial charge in [-0.25, -0.2) is 4.98 Å². The highest BCUT2D eigenvalue weighted by Crippen LogP contribution is 2.39. The van der Waals surface area contributed by atoms with Crippen molar-refractivity contribution >= 4 is 23.4 Å². The molecule has 4 N–H and O–H groups in total. The molecule has 16 heavy (non-hydrogen) atoms. The summed E-state index contributed by atoms with van der Waals surface area (Å²) in [5, 5.41) is 12.7. The monoisotopic (exact) mass is 239 g/mol. The number of anilines is 1. The quantitative estimate of drug-likeness (QED) is 0.712. The van der Waals surface area contributed by atoms with E-state index in [-0.39, 0.29) is 11.2 Å². The molecule has 1 aromatic heterocycles. The van der Waals surface area contributed by atoms with Crippen molar-refractivity contribution in [3.8, 4) is 0 Å². The zero-order valence-corrected chi connectivity index (χ0v) is 9.46. The number of nitrogens with one attached hydrogen (secondary N) is 1. The van der Waals surface area contributed by atoms with Crippen LogP contribution in [0.25, 0.3) is 0 Å². The summed E-state index contributed by atoms with van der Waals surface area (Å²) in [6.07, 6.45) is 1.79. The second-order valence-electron chi connectivity index (χ2n) is 3.86. The average molecular weight is 239 g/mol. The standard InChI is InChI=1S/C10H13N3O2S/c11-7-2-1-3-13-9(7)16-10(4-8(14)15)5-12-6-10/h1-3,12H,4-6,11H2,(H,14,15). The van der Waals surface area contributed by atoms with Crippen molar-refractivity contribution in [2.45, 2.75) is 16.2 Å². The molecule has 2 rings (SSSR count). The Morgan fingerprint density at radius 2 is 2.44 bits per heavy atom. The minimum atomic E-state index is -0.788. The maximum Gasteiger partial charge on any atom is 0.304 e. The van der Waals surface area contributed by atoms with Crippen molar-refractivity contribution < 1.29 is 9.90 Å². The number of carbonyl (C=O) groups is 1. The summed E-state index contributed by atoms with van der Waals surface area (Å²) < 4.78 is -0.297. The number of nitrogens with two attached hydrogens (primary N) is 1. The Labute approximate surface area is 97.4 Å². The summed E-state index contributed by atoms with van der Waals surface area (Å²) >= 11 is 1.45. The molecule has 5 nitrogen and oxygen atoms in total. The number of aromatic nitrogens is 1. The number of nitrogens with zero attached hydrogens (tertiary/aromatic N) is 1. The van der Waals surface area contributed by atoms with Gasteiger partial charge in [-0.15, -0.1) is 0 Å². The minimum Gasteiger partial charge on any atom is -0.481 e. The van der Waals surface area contributed by atoms with Crippen LogP contribution in [0, 0.1) is 0 Å². The van der Waals surface area contributed by atoms with Gasteiger partial charge in [0.25, 0.3) is 0 Å². The van der Waals surface area contributed by atoms with Crippen molar-refractivity contribution in [2.75, 3.05) is 18.8 Å². The topological polar surface area (TPSA) is 88.2 Å². The molecule has 2 heterocycles. The van der Waals surface area contributed by atoms with Crippen molar-refractivity contribution in [1.82, 2.24) is 10.3 Å². The van der Waals surface area contributed by atoms with Crippen molar-refractivity contribution in [2.24, 2.45) is 0 Å². The van der Waals surface area contributed by atoms with Gasteiger partial charge < -0.3 is 16.2 Å². The zero-order chi connectivity index (χ0) is 11.6. The van der Waals surface area contributed by atoms with E-state index in [4.69, 9.17) is 10.8 Å². The molecule has 1 saturated heterocycles. The molecule has 0 atom stereocenters. The van der Waals surface area contributed by atoms with Crippen LogP contribution in [0.5, 0.6) is 0 Å². The summed E-state index contributed by atoms with van der Waals surface area (Å²) in [7, 11) is 0. The van der Waals surface area contributed by atoms with E-state index in [1.807, 2.05) is 0 Å². The molecule has 6 heteroatoms. The molecule has 0 amide bonds. The number of aliphatic carboxylic acids is 1. The van der Waals surface area contributed by atoms with Gasteiger partial charge in [-0.3, -0.25) is 4.79 Å². The second kappa shape index (κ2) is 4.31. The second-order valence-corrected chi connectivity index (χ2v) is 5.31. The van der Waals surface area contributed by atoms with E-state index in [1.165, 1.54) is 11.8 Å². The van der Waals surface area contributed by atoms with Gasteiger partial charge in [0, 0.05) is 19.3 Å². The van der Waals surface area contributed by atoms with Crippen LogP contribution in [0.3, 0.4) is 0 Å². The molecule has 0 saturated carbocycles. The number of hydrogen-bond acceptors (Lipinski definition) is 5. The molecule has 0 radical (unpaired) electrons. The third-order valence-electron chi connectivity index (χ3n) is 2.48. The Morgan fingerprint density at radius 1 is 1.69 bits per heavy atom. The molecule has 1 aromatic rings. The van der Waals surface area contributed by atoms with Crippen LogP contribution >= 0.6 is 11.8 Å². The maximum absolute atomic E-state index is 10.8. The first-order valence-electron chi connectivity index (χ1n) is 4.93. The molecule has 0 aromatic carbocycles. The molecular weight excluding hydrogens is 226 g/mol. The van der Waals surface area contributed by atoms with E-state index >= 15 is 0 Å². The Hall–Kier alpha value is -1.27. The van der Waals surface area contributed by atoms with Crippen LogP contribution < -0.4 is 11.1 Å². The van der Waals surface area contributed by atoms with Gasteiger partial charge in [-0.05, 0) is 12.1 Å². The van der Waals surface area contributed by atoms with Gasteiger partial charge in [0.2, 0.25) is 0 Å². The number of thioether (sulfide) groups is 1. The lowest BCUT2D eigenvalue weighted by molar-refractivity contribution is -0.138. The van der Waals surface area contributed by atoms with Crippen LogP contribution in [-0.2, 0) is 4.79 Å². The van der Waals surface area contributed by atoms with E-state index in [0.29, 0.717) is 23.8 Å². The molecule has 1 aliphatic heterocycles. The van der Waals surface area contributed by atoms with Crippen LogP contribution in [0.4, 0.5) is 5.69 Å². The Balaban J connectivity index is 2.13. The third-order valence-corrected chi connectivity index (χ3v) is 3.88. The van der Waals surface area contributed by atoms with Gasteiger partial charge in [-0.2, -0.15) is 0 Å². The number of carboxylic acid groups (broad SMARTS) is 1. The lowest BCUT2D eigenvalue weighted by Gasteiger charge is -2.40. The average Bonchev–Trinajstić information content (AvgIpc) is 2.17. The van der Waals surface area contributed by atoms with Crippen LogP contribution in [0.2, 0.25) is 0 Å². The van der Waals surface area contributed by atoms with E-state index in [2.05, 4.69) is 10.3 Å². The third kappa shape index (κ3) is 2.28. The summed E-state index contributed by atoms with van der Waals surface area (Å²) in [6, 6.07) is 3.54. The lowest BCUT2D eigenvalue weighted by Crippen LogP contribution is -2.58. The van der Waals surface area contributed by atoms with Gasteiger partial charge in [0.1, 0.15) is 5.03 Å². The first-order chi connectivity index (χ1) is 7.61. The molecule has 86 valence electrons. The lowest BCUT2D eigenvalue weighted by atomic mass is 9.98. The SMILES string of the molecule is Nc1cccnc1SC1(CC(=O)O)CNC1. The summed E-state index contributed by atoms with van der Waals surface area (Å²) in [6.45, 7) is 1.36. The normalized spacial score (nSPS) is 17.8. The van der Waals surface area contributed by atoms with Gasteiger partial charge in [0.15, 0.2) is 0 Å². The number of nitrogen functional groups attached to an aromatic ring is 1. The summed E-state index contributed by atoms with van der Waals surface area (Å²) in [4.78, 5) is 15.0. The highest BCUT2D eigenvalue weighted by atomic mass is 32.2. The molecular formula is C10H13N3O2S. The zero-order valence-electron chi connectivity index (χ0n) is 8.64. The smallest absolute Gasteiger partial charge is 0.304 e. The molecule has 1 fully saturated rings. The molecule has 1 aliphatic rings. The van der Waals surface area contributed by atoms with E-state index in [0.717, 1.165) is 0 Å². The Morgan fingerprint density at radius 3 is 2.94 bits per heavy atom. The Kier molecular flexibility index (Phi) is 3.02. The van der Waals surface area contributed by atoms with Crippen LogP contribution in [-0.4, -0.2) is 33.9 Å². The highest BCUT2D eigenvalue weighted by Gasteiger charge is 2.40. The predicted molar refractivity (Wildman–Crippen MR) is 62.4 cm³/mol. The van der Waals surface area contributed by atoms with Crippen LogP contribution in [0.15, 0.2) is 23.4 Å². The first kappa shape index (κ1) is 11.2. The fraction of sp³-hybridized carbons (Fsp3) is 0.400. The number of carboxylic acids is 1. The van der Waals surface area contributed by atoms with Crippen molar-refractivity contribution in [3.05, 3.63) is 18.3 Å².